The third kappa shape index (κ3) is 2.92. The molecule has 0 spiro atoms. The minimum absolute atomic E-state index is 0.316. The van der Waals surface area contributed by atoms with Gasteiger partial charge in [0.1, 0.15) is 10.4 Å². The van der Waals surface area contributed by atoms with Crippen molar-refractivity contribution < 1.29 is 9.18 Å². The number of pyridine rings is 1. The van der Waals surface area contributed by atoms with E-state index in [-0.39, 0.29) is 11.7 Å². The minimum Gasteiger partial charge on any atom is -0.322 e. The van der Waals surface area contributed by atoms with Crippen LogP contribution in [0.2, 0.25) is 0 Å². The fraction of sp³-hybridized carbons (Fsp3) is 0.0769. The van der Waals surface area contributed by atoms with Gasteiger partial charge in [-0.2, -0.15) is 0 Å². The summed E-state index contributed by atoms with van der Waals surface area (Å²) in [6.07, 6.45) is 1.45. The molecule has 1 aromatic heterocycles. The highest BCUT2D eigenvalue weighted by atomic mass is 79.9. The van der Waals surface area contributed by atoms with Crippen LogP contribution in [0, 0.1) is 12.7 Å². The highest BCUT2D eigenvalue weighted by Gasteiger charge is 2.08. The van der Waals surface area contributed by atoms with Gasteiger partial charge < -0.3 is 5.32 Å². The van der Waals surface area contributed by atoms with Crippen LogP contribution in [-0.4, -0.2) is 10.9 Å². The number of amides is 1. The van der Waals surface area contributed by atoms with Crippen LogP contribution in [0.1, 0.15) is 15.9 Å². The summed E-state index contributed by atoms with van der Waals surface area (Å²) in [6.45, 7) is 1.80. The van der Waals surface area contributed by atoms with E-state index in [2.05, 4.69) is 26.2 Å². The molecule has 2 rings (SSSR count). The van der Waals surface area contributed by atoms with E-state index in [4.69, 9.17) is 0 Å². The molecular weight excluding hydrogens is 299 g/mol. The van der Waals surface area contributed by atoms with E-state index >= 15 is 0 Å². The van der Waals surface area contributed by atoms with Gasteiger partial charge in [-0.1, -0.05) is 6.07 Å². The first kappa shape index (κ1) is 12.7. The second-order valence-corrected chi connectivity index (χ2v) is 4.60. The number of aryl methyl sites for hydroxylation is 1. The van der Waals surface area contributed by atoms with Gasteiger partial charge in [-0.3, -0.25) is 4.79 Å². The topological polar surface area (TPSA) is 42.0 Å². The first-order valence-corrected chi connectivity index (χ1v) is 6.04. The van der Waals surface area contributed by atoms with E-state index in [1.807, 2.05) is 0 Å². The molecule has 0 aliphatic rings. The Bertz CT molecular complexity index is 584. The zero-order chi connectivity index (χ0) is 13.1. The zero-order valence-corrected chi connectivity index (χ0v) is 11.2. The summed E-state index contributed by atoms with van der Waals surface area (Å²) >= 11 is 3.19. The summed E-state index contributed by atoms with van der Waals surface area (Å²) in [5, 5.41) is 2.65. The normalized spacial score (nSPS) is 10.2. The quantitative estimate of drug-likeness (QED) is 0.862. The van der Waals surface area contributed by atoms with Crippen LogP contribution in [0.25, 0.3) is 0 Å². The molecule has 0 saturated heterocycles. The van der Waals surface area contributed by atoms with Gasteiger partial charge in [0.05, 0.1) is 5.56 Å². The Kier molecular flexibility index (Phi) is 3.72. The average Bonchev–Trinajstić information content (AvgIpc) is 2.34. The van der Waals surface area contributed by atoms with Crippen molar-refractivity contribution in [2.24, 2.45) is 0 Å². The number of nitrogens with one attached hydrogen (secondary N) is 1. The van der Waals surface area contributed by atoms with Gasteiger partial charge in [0, 0.05) is 11.9 Å². The van der Waals surface area contributed by atoms with Crippen molar-refractivity contribution in [3.05, 3.63) is 58.1 Å². The van der Waals surface area contributed by atoms with Crippen molar-refractivity contribution in [2.75, 3.05) is 5.32 Å². The molecular formula is C13H10BrFN2O. The second kappa shape index (κ2) is 5.27. The average molecular weight is 309 g/mol. The van der Waals surface area contributed by atoms with E-state index in [1.165, 1.54) is 18.3 Å². The van der Waals surface area contributed by atoms with Gasteiger partial charge >= 0.3 is 0 Å². The number of carbonyl (C=O) groups is 1. The maximum atomic E-state index is 13.1. The lowest BCUT2D eigenvalue weighted by Gasteiger charge is -2.08. The summed E-state index contributed by atoms with van der Waals surface area (Å²) in [5.41, 5.74) is 1.68. The molecule has 3 nitrogen and oxygen atoms in total. The third-order valence-corrected chi connectivity index (χ3v) is 2.91. The van der Waals surface area contributed by atoms with Gasteiger partial charge in [-0.05, 0) is 52.7 Å². The Morgan fingerprint density at radius 3 is 2.78 bits per heavy atom. The molecule has 0 radical (unpaired) electrons. The summed E-state index contributed by atoms with van der Waals surface area (Å²) in [6, 6.07) is 7.57. The molecule has 5 heteroatoms. The summed E-state index contributed by atoms with van der Waals surface area (Å²) in [4.78, 5) is 15.9. The van der Waals surface area contributed by atoms with Crippen molar-refractivity contribution in [1.82, 2.24) is 4.98 Å². The monoisotopic (exact) mass is 308 g/mol. The Labute approximate surface area is 112 Å². The standard InChI is InChI=1S/C13H10BrFN2O/c1-8-2-4-10(15)6-11(8)17-13(18)9-3-5-12(14)16-7-9/h2-7H,1H3,(H,17,18). The van der Waals surface area contributed by atoms with Crippen LogP contribution in [0.3, 0.4) is 0 Å². The van der Waals surface area contributed by atoms with E-state index in [9.17, 15) is 9.18 Å². The molecule has 92 valence electrons. The van der Waals surface area contributed by atoms with Crippen LogP contribution in [0.5, 0.6) is 0 Å². The van der Waals surface area contributed by atoms with Gasteiger partial charge in [-0.25, -0.2) is 9.37 Å². The fourth-order valence-electron chi connectivity index (χ4n) is 1.43. The van der Waals surface area contributed by atoms with Crippen molar-refractivity contribution >= 4 is 27.5 Å². The molecule has 0 bridgehead atoms. The predicted octanol–water partition coefficient (Wildman–Crippen LogP) is 3.54. The van der Waals surface area contributed by atoms with Crippen molar-refractivity contribution in [3.8, 4) is 0 Å². The maximum Gasteiger partial charge on any atom is 0.257 e. The van der Waals surface area contributed by atoms with Crippen molar-refractivity contribution in [1.29, 1.82) is 0 Å². The number of hydrogen-bond donors (Lipinski definition) is 1. The molecule has 0 fully saturated rings. The number of nitrogens with zero attached hydrogens (tertiary/aromatic N) is 1. The largest absolute Gasteiger partial charge is 0.322 e. The number of benzene rings is 1. The third-order valence-electron chi connectivity index (χ3n) is 2.44. The number of hydrogen-bond acceptors (Lipinski definition) is 2. The van der Waals surface area contributed by atoms with E-state index < -0.39 is 0 Å². The molecule has 0 aliphatic carbocycles. The molecule has 1 N–H and O–H groups in total. The second-order valence-electron chi connectivity index (χ2n) is 3.78. The molecule has 0 aliphatic heterocycles. The van der Waals surface area contributed by atoms with Crippen LogP contribution >= 0.6 is 15.9 Å². The van der Waals surface area contributed by atoms with Crippen LogP contribution < -0.4 is 5.32 Å². The fourth-order valence-corrected chi connectivity index (χ4v) is 1.67. The molecule has 1 aromatic carbocycles. The van der Waals surface area contributed by atoms with Crippen LogP contribution in [0.15, 0.2) is 41.1 Å². The lowest BCUT2D eigenvalue weighted by molar-refractivity contribution is 0.102. The van der Waals surface area contributed by atoms with Gasteiger partial charge in [-0.15, -0.1) is 0 Å². The van der Waals surface area contributed by atoms with E-state index in [0.717, 1.165) is 5.56 Å². The highest BCUT2D eigenvalue weighted by Crippen LogP contribution is 2.17. The number of rotatable bonds is 2. The van der Waals surface area contributed by atoms with Gasteiger partial charge in [0.15, 0.2) is 0 Å². The van der Waals surface area contributed by atoms with Gasteiger partial charge in [0.2, 0.25) is 0 Å². The molecule has 1 amide bonds. The highest BCUT2D eigenvalue weighted by molar-refractivity contribution is 9.10. The molecule has 0 saturated carbocycles. The van der Waals surface area contributed by atoms with Crippen LogP contribution in [-0.2, 0) is 0 Å². The Morgan fingerprint density at radius 2 is 2.11 bits per heavy atom. The Balaban J connectivity index is 2.21. The summed E-state index contributed by atoms with van der Waals surface area (Å²) in [5.74, 6) is -0.700. The Hall–Kier alpha value is -1.75. The smallest absolute Gasteiger partial charge is 0.257 e. The molecule has 2 aromatic rings. The lowest BCUT2D eigenvalue weighted by Crippen LogP contribution is -2.13. The Morgan fingerprint density at radius 1 is 1.33 bits per heavy atom. The maximum absolute atomic E-state index is 13.1. The number of anilines is 1. The summed E-state index contributed by atoms with van der Waals surface area (Å²) < 4.78 is 13.7. The van der Waals surface area contributed by atoms with Gasteiger partial charge in [0.25, 0.3) is 5.91 Å². The zero-order valence-electron chi connectivity index (χ0n) is 9.58. The molecule has 1 heterocycles. The van der Waals surface area contributed by atoms with Crippen LogP contribution in [0.4, 0.5) is 10.1 Å². The molecule has 18 heavy (non-hydrogen) atoms. The van der Waals surface area contributed by atoms with E-state index in [1.54, 1.807) is 25.1 Å². The lowest BCUT2D eigenvalue weighted by atomic mass is 10.2. The first-order chi connectivity index (χ1) is 8.56. The predicted molar refractivity (Wildman–Crippen MR) is 71.0 cm³/mol. The number of aromatic nitrogens is 1. The van der Waals surface area contributed by atoms with Crippen molar-refractivity contribution in [3.63, 3.8) is 0 Å². The summed E-state index contributed by atoms with van der Waals surface area (Å²) in [7, 11) is 0. The van der Waals surface area contributed by atoms with Crippen molar-refractivity contribution in [2.45, 2.75) is 6.92 Å². The minimum atomic E-state index is -0.384. The molecule has 0 unspecified atom stereocenters. The first-order valence-electron chi connectivity index (χ1n) is 5.25. The number of halogens is 2. The molecule has 0 atom stereocenters. The van der Waals surface area contributed by atoms with E-state index in [0.29, 0.717) is 15.9 Å². The number of carbonyl (C=O) groups excluding carboxylic acids is 1. The SMILES string of the molecule is Cc1ccc(F)cc1NC(=O)c1ccc(Br)nc1.